The molecule has 0 spiro atoms. The number of hydrogen-bond acceptors (Lipinski definition) is 4. The number of H-pyrrole nitrogens is 1. The molecule has 1 fully saturated rings. The van der Waals surface area contributed by atoms with E-state index in [0.717, 1.165) is 30.0 Å². The van der Waals surface area contributed by atoms with Crippen molar-refractivity contribution >= 4 is 5.69 Å². The molecule has 2 aromatic rings. The number of rotatable bonds is 3. The number of nitrogens with one attached hydrogen (secondary N) is 2. The fourth-order valence-corrected chi connectivity index (χ4v) is 2.28. The first kappa shape index (κ1) is 11.1. The summed E-state index contributed by atoms with van der Waals surface area (Å²) in [6.45, 7) is 1.06. The third kappa shape index (κ3) is 2.04. The van der Waals surface area contributed by atoms with E-state index >= 15 is 0 Å². The van der Waals surface area contributed by atoms with Gasteiger partial charge in [-0.15, -0.1) is 4.91 Å². The lowest BCUT2D eigenvalue weighted by Gasteiger charge is -2.05. The van der Waals surface area contributed by atoms with Gasteiger partial charge in [-0.2, -0.15) is 0 Å². The van der Waals surface area contributed by atoms with E-state index < -0.39 is 0 Å². The van der Waals surface area contributed by atoms with Crippen LogP contribution in [0.4, 0.5) is 5.69 Å². The Morgan fingerprint density at radius 3 is 2.78 bits per heavy atom. The Bertz CT molecular complexity index is 540. The van der Waals surface area contributed by atoms with E-state index in [1.807, 2.05) is 18.3 Å². The van der Waals surface area contributed by atoms with Gasteiger partial charge in [0.05, 0.1) is 17.9 Å². The molecule has 18 heavy (non-hydrogen) atoms. The SMILES string of the molecule is O=Nc1ccc(-c2cnc([C@@H]3CCCN3)[nH]2)cc1. The van der Waals surface area contributed by atoms with Crippen molar-refractivity contribution in [2.45, 2.75) is 18.9 Å². The van der Waals surface area contributed by atoms with Crippen LogP contribution in [0.2, 0.25) is 0 Å². The minimum atomic E-state index is 0.342. The Morgan fingerprint density at radius 2 is 2.11 bits per heavy atom. The van der Waals surface area contributed by atoms with Crippen LogP contribution in [0.15, 0.2) is 35.6 Å². The van der Waals surface area contributed by atoms with E-state index in [4.69, 9.17) is 0 Å². The van der Waals surface area contributed by atoms with Crippen LogP contribution >= 0.6 is 0 Å². The van der Waals surface area contributed by atoms with E-state index in [1.54, 1.807) is 12.1 Å². The summed E-state index contributed by atoms with van der Waals surface area (Å²) in [5.74, 6) is 0.986. The van der Waals surface area contributed by atoms with Gasteiger partial charge >= 0.3 is 0 Å². The number of nitrogens with zero attached hydrogens (tertiary/aromatic N) is 2. The molecule has 0 amide bonds. The van der Waals surface area contributed by atoms with E-state index in [0.29, 0.717) is 11.7 Å². The summed E-state index contributed by atoms with van der Waals surface area (Å²) in [4.78, 5) is 18.1. The number of nitroso groups, excluding NO2 is 1. The predicted molar refractivity (Wildman–Crippen MR) is 69.5 cm³/mol. The molecule has 0 aliphatic carbocycles. The fraction of sp³-hybridized carbons (Fsp3) is 0.308. The van der Waals surface area contributed by atoms with Crippen LogP contribution in [0.25, 0.3) is 11.3 Å². The lowest BCUT2D eigenvalue weighted by atomic mass is 10.1. The van der Waals surface area contributed by atoms with Crippen molar-refractivity contribution in [3.63, 3.8) is 0 Å². The van der Waals surface area contributed by atoms with Gasteiger partial charge in [0.25, 0.3) is 0 Å². The number of imidazole rings is 1. The van der Waals surface area contributed by atoms with Crippen LogP contribution in [-0.2, 0) is 0 Å². The van der Waals surface area contributed by atoms with Gasteiger partial charge in [-0.3, -0.25) is 0 Å². The van der Waals surface area contributed by atoms with E-state index in [9.17, 15) is 4.91 Å². The maximum absolute atomic E-state index is 10.4. The summed E-state index contributed by atoms with van der Waals surface area (Å²) in [5.41, 5.74) is 2.42. The maximum atomic E-state index is 10.4. The van der Waals surface area contributed by atoms with Gasteiger partial charge in [0, 0.05) is 0 Å². The summed E-state index contributed by atoms with van der Waals surface area (Å²) < 4.78 is 0. The highest BCUT2D eigenvalue weighted by molar-refractivity contribution is 5.61. The first-order valence-electron chi connectivity index (χ1n) is 6.09. The van der Waals surface area contributed by atoms with Crippen molar-refractivity contribution in [2.24, 2.45) is 5.18 Å². The van der Waals surface area contributed by atoms with E-state index in [-0.39, 0.29) is 0 Å². The molecule has 1 aromatic carbocycles. The molecule has 1 aliphatic rings. The van der Waals surface area contributed by atoms with Gasteiger partial charge in [-0.25, -0.2) is 4.98 Å². The number of aromatic nitrogens is 2. The lowest BCUT2D eigenvalue weighted by molar-refractivity contribution is 0.613. The fourth-order valence-electron chi connectivity index (χ4n) is 2.28. The summed E-state index contributed by atoms with van der Waals surface area (Å²) >= 11 is 0. The molecule has 1 atom stereocenters. The monoisotopic (exact) mass is 242 g/mol. The van der Waals surface area contributed by atoms with Gasteiger partial charge in [0.15, 0.2) is 0 Å². The van der Waals surface area contributed by atoms with Gasteiger partial charge < -0.3 is 10.3 Å². The normalized spacial score (nSPS) is 19.0. The molecule has 3 rings (SSSR count). The second-order valence-electron chi connectivity index (χ2n) is 4.47. The third-order valence-corrected chi connectivity index (χ3v) is 3.27. The highest BCUT2D eigenvalue weighted by Crippen LogP contribution is 2.25. The highest BCUT2D eigenvalue weighted by atomic mass is 16.3. The van der Waals surface area contributed by atoms with Crippen molar-refractivity contribution in [3.05, 3.63) is 41.2 Å². The Kier molecular flexibility index (Phi) is 2.90. The molecule has 0 unspecified atom stereocenters. The zero-order valence-electron chi connectivity index (χ0n) is 9.89. The summed E-state index contributed by atoms with van der Waals surface area (Å²) in [6, 6.07) is 7.49. The predicted octanol–water partition coefficient (Wildman–Crippen LogP) is 2.90. The first-order chi connectivity index (χ1) is 8.86. The number of hydrogen-bond donors (Lipinski definition) is 2. The molecule has 2 heterocycles. The van der Waals surface area contributed by atoms with Crippen molar-refractivity contribution in [2.75, 3.05) is 6.54 Å². The van der Waals surface area contributed by atoms with E-state index in [1.165, 1.54) is 6.42 Å². The molecule has 1 aliphatic heterocycles. The molecule has 92 valence electrons. The molecule has 1 saturated heterocycles. The lowest BCUT2D eigenvalue weighted by Crippen LogP contribution is -2.14. The standard InChI is InChI=1S/C13H14N4O/c18-17-10-5-3-9(4-6-10)12-8-15-13(16-12)11-2-1-7-14-11/h3-6,8,11,14H,1-2,7H2,(H,15,16)/t11-/m0/s1. The van der Waals surface area contributed by atoms with Crippen LogP contribution in [0.3, 0.4) is 0 Å². The van der Waals surface area contributed by atoms with Crippen LogP contribution in [0, 0.1) is 4.91 Å². The quantitative estimate of drug-likeness (QED) is 0.813. The zero-order valence-corrected chi connectivity index (χ0v) is 9.89. The van der Waals surface area contributed by atoms with Gasteiger partial charge in [0.2, 0.25) is 0 Å². The average Bonchev–Trinajstić information content (AvgIpc) is 3.09. The summed E-state index contributed by atoms with van der Waals surface area (Å²) in [5, 5.41) is 6.29. The molecular weight excluding hydrogens is 228 g/mol. The van der Waals surface area contributed by atoms with Gasteiger partial charge in [-0.05, 0) is 42.3 Å². The molecular formula is C13H14N4O. The molecule has 0 radical (unpaired) electrons. The smallest absolute Gasteiger partial charge is 0.123 e. The minimum absolute atomic E-state index is 0.342. The second-order valence-corrected chi connectivity index (χ2v) is 4.47. The zero-order chi connectivity index (χ0) is 12.4. The van der Waals surface area contributed by atoms with Crippen molar-refractivity contribution < 1.29 is 0 Å². The van der Waals surface area contributed by atoms with Crippen LogP contribution < -0.4 is 5.32 Å². The van der Waals surface area contributed by atoms with Crippen LogP contribution in [-0.4, -0.2) is 16.5 Å². The molecule has 5 nitrogen and oxygen atoms in total. The molecule has 0 saturated carbocycles. The number of aromatic amines is 1. The summed E-state index contributed by atoms with van der Waals surface area (Å²) in [6.07, 6.45) is 4.15. The second kappa shape index (κ2) is 4.70. The van der Waals surface area contributed by atoms with Gasteiger partial charge in [-0.1, -0.05) is 12.1 Å². The summed E-state index contributed by atoms with van der Waals surface area (Å²) in [7, 11) is 0. The Labute approximate surface area is 105 Å². The largest absolute Gasteiger partial charge is 0.341 e. The van der Waals surface area contributed by atoms with Crippen LogP contribution in [0.5, 0.6) is 0 Å². The minimum Gasteiger partial charge on any atom is -0.341 e. The van der Waals surface area contributed by atoms with Crippen molar-refractivity contribution in [1.82, 2.24) is 15.3 Å². The molecule has 5 heteroatoms. The third-order valence-electron chi connectivity index (χ3n) is 3.27. The number of benzene rings is 1. The topological polar surface area (TPSA) is 70.1 Å². The highest BCUT2D eigenvalue weighted by Gasteiger charge is 2.19. The Balaban J connectivity index is 1.85. The van der Waals surface area contributed by atoms with Crippen LogP contribution in [0.1, 0.15) is 24.7 Å². The van der Waals surface area contributed by atoms with E-state index in [2.05, 4.69) is 20.5 Å². The molecule has 2 N–H and O–H groups in total. The molecule has 0 bridgehead atoms. The Hall–Kier alpha value is -2.01. The van der Waals surface area contributed by atoms with Crippen molar-refractivity contribution in [3.8, 4) is 11.3 Å². The molecule has 1 aromatic heterocycles. The Morgan fingerprint density at radius 1 is 1.28 bits per heavy atom. The first-order valence-corrected chi connectivity index (χ1v) is 6.09. The van der Waals surface area contributed by atoms with Gasteiger partial charge in [0.1, 0.15) is 11.5 Å². The average molecular weight is 242 g/mol. The maximum Gasteiger partial charge on any atom is 0.123 e. The van der Waals surface area contributed by atoms with Crippen molar-refractivity contribution in [1.29, 1.82) is 0 Å².